The molecule has 26 heavy (non-hydrogen) atoms. The van der Waals surface area contributed by atoms with Crippen LogP contribution in [0, 0.1) is 11.8 Å². The van der Waals surface area contributed by atoms with E-state index < -0.39 is 11.9 Å². The fourth-order valence-corrected chi connectivity index (χ4v) is 4.07. The minimum atomic E-state index is -0.659. The SMILES string of the molecule is O=CC(=O)CC1=CC(C(O)C2CCc3ccccc3CC2)=CC(C=O)C1. The van der Waals surface area contributed by atoms with Gasteiger partial charge in [0, 0.05) is 12.3 Å². The van der Waals surface area contributed by atoms with Crippen LogP contribution in [0.25, 0.3) is 0 Å². The average molecular weight is 352 g/mol. The minimum Gasteiger partial charge on any atom is -0.388 e. The zero-order valence-electron chi connectivity index (χ0n) is 14.8. The molecule has 0 saturated carbocycles. The Morgan fingerprint density at radius 1 is 1.15 bits per heavy atom. The first-order chi connectivity index (χ1) is 12.6. The molecule has 0 aromatic heterocycles. The monoisotopic (exact) mass is 352 g/mol. The predicted molar refractivity (Wildman–Crippen MR) is 98.6 cm³/mol. The van der Waals surface area contributed by atoms with E-state index in [2.05, 4.69) is 12.1 Å². The van der Waals surface area contributed by atoms with Crippen molar-refractivity contribution in [3.05, 3.63) is 58.7 Å². The minimum absolute atomic E-state index is 0.0218. The Labute approximate surface area is 153 Å². The van der Waals surface area contributed by atoms with E-state index in [-0.39, 0.29) is 18.3 Å². The molecule has 0 aliphatic heterocycles. The molecule has 136 valence electrons. The number of fused-ring (bicyclic) bond motifs is 1. The maximum Gasteiger partial charge on any atom is 0.199 e. The van der Waals surface area contributed by atoms with Crippen molar-refractivity contribution >= 4 is 18.4 Å². The number of aliphatic hydroxyl groups is 1. The van der Waals surface area contributed by atoms with Crippen molar-refractivity contribution < 1.29 is 19.5 Å². The lowest BCUT2D eigenvalue weighted by Crippen LogP contribution is -2.25. The van der Waals surface area contributed by atoms with Crippen molar-refractivity contribution in [2.24, 2.45) is 11.8 Å². The molecule has 1 N–H and O–H groups in total. The van der Waals surface area contributed by atoms with Gasteiger partial charge < -0.3 is 9.90 Å². The smallest absolute Gasteiger partial charge is 0.199 e. The molecule has 2 atom stereocenters. The van der Waals surface area contributed by atoms with Crippen molar-refractivity contribution in [1.29, 1.82) is 0 Å². The lowest BCUT2D eigenvalue weighted by atomic mass is 9.82. The number of carbonyl (C=O) groups excluding carboxylic acids is 3. The number of aliphatic hydroxyl groups excluding tert-OH is 1. The topological polar surface area (TPSA) is 71.4 Å². The Hall–Kier alpha value is -2.33. The summed E-state index contributed by atoms with van der Waals surface area (Å²) < 4.78 is 0. The standard InChI is InChI=1S/C22H24O4/c23-13-16-9-15(12-21(25)14-24)10-20(11-16)22(26)19-7-5-17-3-1-2-4-18(17)6-8-19/h1-4,10-11,13-14,16,19,22,26H,5-9,12H2. The van der Waals surface area contributed by atoms with E-state index in [0.717, 1.165) is 37.5 Å². The van der Waals surface area contributed by atoms with Gasteiger partial charge in [0.1, 0.15) is 6.29 Å². The number of hydrogen-bond donors (Lipinski definition) is 1. The van der Waals surface area contributed by atoms with E-state index in [0.29, 0.717) is 18.3 Å². The first-order valence-electron chi connectivity index (χ1n) is 9.20. The Morgan fingerprint density at radius 2 is 1.81 bits per heavy atom. The number of aryl methyl sites for hydroxylation is 2. The Morgan fingerprint density at radius 3 is 2.38 bits per heavy atom. The van der Waals surface area contributed by atoms with Crippen molar-refractivity contribution in [2.45, 2.75) is 44.6 Å². The highest BCUT2D eigenvalue weighted by atomic mass is 16.3. The second-order valence-electron chi connectivity index (χ2n) is 7.29. The van der Waals surface area contributed by atoms with Gasteiger partial charge in [-0.05, 0) is 54.7 Å². The van der Waals surface area contributed by atoms with Crippen LogP contribution in [0.4, 0.5) is 0 Å². The normalized spacial score (nSPS) is 21.7. The Bertz CT molecular complexity index is 732. The number of allylic oxidation sites excluding steroid dienone is 2. The van der Waals surface area contributed by atoms with Gasteiger partial charge in [0.15, 0.2) is 12.1 Å². The summed E-state index contributed by atoms with van der Waals surface area (Å²) in [6.45, 7) is 0. The van der Waals surface area contributed by atoms with Crippen molar-refractivity contribution in [1.82, 2.24) is 0 Å². The molecule has 2 unspecified atom stereocenters. The van der Waals surface area contributed by atoms with E-state index in [9.17, 15) is 19.5 Å². The summed E-state index contributed by atoms with van der Waals surface area (Å²) in [5.74, 6) is -0.734. The molecule has 1 aromatic carbocycles. The molecule has 2 aliphatic rings. The van der Waals surface area contributed by atoms with E-state index in [1.807, 2.05) is 24.3 Å². The number of ketones is 1. The molecule has 0 heterocycles. The zero-order chi connectivity index (χ0) is 18.5. The van der Waals surface area contributed by atoms with Crippen molar-refractivity contribution in [3.8, 4) is 0 Å². The molecule has 0 spiro atoms. The van der Waals surface area contributed by atoms with Crippen molar-refractivity contribution in [2.75, 3.05) is 0 Å². The Kier molecular flexibility index (Phi) is 5.94. The lowest BCUT2D eigenvalue weighted by molar-refractivity contribution is -0.129. The van der Waals surface area contributed by atoms with Gasteiger partial charge in [-0.15, -0.1) is 0 Å². The maximum absolute atomic E-state index is 11.4. The molecule has 4 nitrogen and oxygen atoms in total. The number of aldehydes is 2. The summed E-state index contributed by atoms with van der Waals surface area (Å²) in [5, 5.41) is 10.9. The largest absolute Gasteiger partial charge is 0.388 e. The predicted octanol–water partition coefficient (Wildman–Crippen LogP) is 2.77. The summed E-state index contributed by atoms with van der Waals surface area (Å²) in [6, 6.07) is 8.39. The van der Waals surface area contributed by atoms with E-state index in [4.69, 9.17) is 0 Å². The second-order valence-corrected chi connectivity index (χ2v) is 7.29. The molecule has 1 aromatic rings. The quantitative estimate of drug-likeness (QED) is 0.485. The third kappa shape index (κ3) is 4.25. The highest BCUT2D eigenvalue weighted by molar-refractivity contribution is 6.25. The number of Topliss-reactive ketones (excluding diaryl/α,β-unsaturated/α-hetero) is 1. The van der Waals surface area contributed by atoms with Gasteiger partial charge in [-0.2, -0.15) is 0 Å². The summed E-state index contributed by atoms with van der Waals surface area (Å²) in [6.07, 6.45) is 8.22. The molecule has 0 saturated heterocycles. The lowest BCUT2D eigenvalue weighted by Gasteiger charge is -2.26. The fraction of sp³-hybridized carbons (Fsp3) is 0.409. The highest BCUT2D eigenvalue weighted by Gasteiger charge is 2.27. The molecular weight excluding hydrogens is 328 g/mol. The van der Waals surface area contributed by atoms with E-state index in [1.165, 1.54) is 11.1 Å². The van der Waals surface area contributed by atoms with E-state index >= 15 is 0 Å². The second kappa shape index (κ2) is 8.37. The van der Waals surface area contributed by atoms with Crippen LogP contribution in [0.1, 0.15) is 36.8 Å². The van der Waals surface area contributed by atoms with E-state index in [1.54, 1.807) is 0 Å². The maximum atomic E-state index is 11.4. The first kappa shape index (κ1) is 18.5. The van der Waals surface area contributed by atoms with Gasteiger partial charge >= 0.3 is 0 Å². The van der Waals surface area contributed by atoms with Gasteiger partial charge in [0.05, 0.1) is 6.10 Å². The number of rotatable bonds is 6. The van der Waals surface area contributed by atoms with Crippen LogP contribution >= 0.6 is 0 Å². The molecule has 0 radical (unpaired) electrons. The van der Waals surface area contributed by atoms with Crippen LogP contribution in [0.5, 0.6) is 0 Å². The molecule has 0 amide bonds. The zero-order valence-corrected chi connectivity index (χ0v) is 14.8. The first-order valence-corrected chi connectivity index (χ1v) is 9.20. The number of benzene rings is 1. The van der Waals surface area contributed by atoms with Crippen LogP contribution in [0.2, 0.25) is 0 Å². The highest BCUT2D eigenvalue weighted by Crippen LogP contribution is 2.33. The van der Waals surface area contributed by atoms with Crippen LogP contribution in [-0.4, -0.2) is 29.6 Å². The molecule has 0 bridgehead atoms. The molecule has 3 rings (SSSR count). The summed E-state index contributed by atoms with van der Waals surface area (Å²) >= 11 is 0. The summed E-state index contributed by atoms with van der Waals surface area (Å²) in [4.78, 5) is 33.4. The third-order valence-corrected chi connectivity index (χ3v) is 5.46. The fourth-order valence-electron chi connectivity index (χ4n) is 4.07. The average Bonchev–Trinajstić information content (AvgIpc) is 2.89. The number of carbonyl (C=O) groups is 3. The van der Waals surface area contributed by atoms with Crippen molar-refractivity contribution in [3.63, 3.8) is 0 Å². The van der Waals surface area contributed by atoms with Gasteiger partial charge in [-0.1, -0.05) is 42.0 Å². The van der Waals surface area contributed by atoms with Gasteiger partial charge in [0.25, 0.3) is 0 Å². The molecule has 0 fully saturated rings. The van der Waals surface area contributed by atoms with Crippen LogP contribution in [0.15, 0.2) is 47.6 Å². The van der Waals surface area contributed by atoms with Crippen LogP contribution in [-0.2, 0) is 27.2 Å². The molecule has 2 aliphatic carbocycles. The molecule has 4 heteroatoms. The molecular formula is C22H24O4. The number of hydrogen-bond acceptors (Lipinski definition) is 4. The van der Waals surface area contributed by atoms with Gasteiger partial charge in [-0.3, -0.25) is 9.59 Å². The van der Waals surface area contributed by atoms with Crippen LogP contribution < -0.4 is 0 Å². The van der Waals surface area contributed by atoms with Gasteiger partial charge in [0.2, 0.25) is 0 Å². The van der Waals surface area contributed by atoms with Crippen LogP contribution in [0.3, 0.4) is 0 Å². The van der Waals surface area contributed by atoms with Gasteiger partial charge in [-0.25, -0.2) is 0 Å². The summed E-state index contributed by atoms with van der Waals surface area (Å²) in [5.41, 5.74) is 4.14. The Balaban J connectivity index is 1.76. The summed E-state index contributed by atoms with van der Waals surface area (Å²) in [7, 11) is 0. The third-order valence-electron chi connectivity index (χ3n) is 5.46.